The molecule has 3 heterocycles. The van der Waals surface area contributed by atoms with Crippen LogP contribution in [-0.2, 0) is 16.0 Å². The zero-order valence-electron chi connectivity index (χ0n) is 12.3. The van der Waals surface area contributed by atoms with Gasteiger partial charge in [-0.1, -0.05) is 18.2 Å². The van der Waals surface area contributed by atoms with Crippen LogP contribution in [0.25, 0.3) is 10.9 Å². The molecule has 2 aromatic rings. The monoisotopic (exact) mass is 286 g/mol. The highest BCUT2D eigenvalue weighted by Crippen LogP contribution is 2.39. The normalized spacial score (nSPS) is 29.5. The summed E-state index contributed by atoms with van der Waals surface area (Å²) in [6, 6.07) is 9.06. The Balaban J connectivity index is 1.72. The second-order valence-electron chi connectivity index (χ2n) is 6.26. The highest BCUT2D eigenvalue weighted by molar-refractivity contribution is 5.83. The number of nitrogens with two attached hydrogens (primary N) is 1. The largest absolute Gasteiger partial charge is 0.378 e. The van der Waals surface area contributed by atoms with Crippen molar-refractivity contribution >= 4 is 10.9 Å². The van der Waals surface area contributed by atoms with Crippen molar-refractivity contribution in [2.45, 2.75) is 37.5 Å². The van der Waals surface area contributed by atoms with E-state index in [-0.39, 0.29) is 5.60 Å². The third-order valence-electron chi connectivity index (χ3n) is 4.97. The number of para-hydroxylation sites is 1. The average Bonchev–Trinajstić information content (AvgIpc) is 3.14. The van der Waals surface area contributed by atoms with Gasteiger partial charge in [-0.3, -0.25) is 0 Å². The maximum absolute atomic E-state index is 6.06. The molecule has 112 valence electrons. The quantitative estimate of drug-likeness (QED) is 0.923. The SMILES string of the molecule is NCc1cccc2ccn(C3CCOC4(CCOC4)C3)c12. The number of aromatic nitrogens is 1. The molecule has 0 radical (unpaired) electrons. The molecule has 4 rings (SSSR count). The van der Waals surface area contributed by atoms with Crippen molar-refractivity contribution in [2.75, 3.05) is 19.8 Å². The van der Waals surface area contributed by atoms with Gasteiger partial charge in [-0.15, -0.1) is 0 Å². The molecule has 0 aliphatic carbocycles. The first-order valence-corrected chi connectivity index (χ1v) is 7.82. The number of nitrogens with zero attached hydrogens (tertiary/aromatic N) is 1. The molecule has 0 bridgehead atoms. The first-order valence-electron chi connectivity index (χ1n) is 7.82. The summed E-state index contributed by atoms with van der Waals surface area (Å²) in [6.45, 7) is 2.97. The lowest BCUT2D eigenvalue weighted by molar-refractivity contribution is -0.0943. The van der Waals surface area contributed by atoms with E-state index in [1.807, 2.05) is 0 Å². The van der Waals surface area contributed by atoms with Crippen LogP contribution in [0.3, 0.4) is 0 Å². The minimum Gasteiger partial charge on any atom is -0.378 e. The van der Waals surface area contributed by atoms with Crippen molar-refractivity contribution in [1.82, 2.24) is 4.57 Å². The Kier molecular flexibility index (Phi) is 3.25. The molecule has 2 atom stereocenters. The molecule has 1 aromatic carbocycles. The van der Waals surface area contributed by atoms with Crippen molar-refractivity contribution in [1.29, 1.82) is 0 Å². The Morgan fingerprint density at radius 1 is 1.29 bits per heavy atom. The molecule has 2 unspecified atom stereocenters. The third-order valence-corrected chi connectivity index (χ3v) is 4.97. The van der Waals surface area contributed by atoms with Gasteiger partial charge in [0.15, 0.2) is 0 Å². The molecule has 1 spiro atoms. The molecule has 4 nitrogen and oxygen atoms in total. The molecule has 0 saturated carbocycles. The second-order valence-corrected chi connectivity index (χ2v) is 6.26. The molecule has 4 heteroatoms. The molecule has 0 amide bonds. The highest BCUT2D eigenvalue weighted by atomic mass is 16.6. The van der Waals surface area contributed by atoms with E-state index in [2.05, 4.69) is 35.0 Å². The Hall–Kier alpha value is -1.36. The fourth-order valence-electron chi connectivity index (χ4n) is 3.87. The van der Waals surface area contributed by atoms with Crippen LogP contribution in [0.15, 0.2) is 30.5 Å². The van der Waals surface area contributed by atoms with Crippen LogP contribution in [0, 0.1) is 0 Å². The van der Waals surface area contributed by atoms with Gasteiger partial charge < -0.3 is 19.8 Å². The van der Waals surface area contributed by atoms with Crippen LogP contribution in [0.5, 0.6) is 0 Å². The molecular weight excluding hydrogens is 264 g/mol. The van der Waals surface area contributed by atoms with Crippen molar-refractivity contribution < 1.29 is 9.47 Å². The number of fused-ring (bicyclic) bond motifs is 1. The molecule has 21 heavy (non-hydrogen) atoms. The number of benzene rings is 1. The molecule has 1 aromatic heterocycles. The van der Waals surface area contributed by atoms with Gasteiger partial charge in [0, 0.05) is 38.4 Å². The smallest absolute Gasteiger partial charge is 0.0956 e. The van der Waals surface area contributed by atoms with Crippen LogP contribution < -0.4 is 5.73 Å². The van der Waals surface area contributed by atoms with E-state index in [9.17, 15) is 0 Å². The number of rotatable bonds is 2. The molecule has 2 fully saturated rings. The second kappa shape index (κ2) is 5.13. The summed E-state index contributed by atoms with van der Waals surface area (Å²) in [5.41, 5.74) is 8.39. The van der Waals surface area contributed by atoms with Gasteiger partial charge in [0.2, 0.25) is 0 Å². The van der Waals surface area contributed by atoms with Gasteiger partial charge in [0.25, 0.3) is 0 Å². The summed E-state index contributed by atoms with van der Waals surface area (Å²) < 4.78 is 14.1. The van der Waals surface area contributed by atoms with E-state index in [0.29, 0.717) is 12.6 Å². The van der Waals surface area contributed by atoms with Gasteiger partial charge in [-0.05, 0) is 29.9 Å². The summed E-state index contributed by atoms with van der Waals surface area (Å²) in [5, 5.41) is 1.28. The van der Waals surface area contributed by atoms with Crippen LogP contribution >= 0.6 is 0 Å². The van der Waals surface area contributed by atoms with Crippen LogP contribution in [0.1, 0.15) is 30.9 Å². The van der Waals surface area contributed by atoms with Crippen LogP contribution in [0.2, 0.25) is 0 Å². The summed E-state index contributed by atoms with van der Waals surface area (Å²) in [6.07, 6.45) is 5.33. The topological polar surface area (TPSA) is 49.4 Å². The zero-order valence-corrected chi connectivity index (χ0v) is 12.3. The van der Waals surface area contributed by atoms with E-state index in [0.717, 1.165) is 39.1 Å². The minimum atomic E-state index is -0.0584. The van der Waals surface area contributed by atoms with Crippen molar-refractivity contribution in [3.8, 4) is 0 Å². The van der Waals surface area contributed by atoms with Crippen molar-refractivity contribution in [3.63, 3.8) is 0 Å². The number of hydrogen-bond donors (Lipinski definition) is 1. The molecule has 2 aliphatic rings. The predicted molar refractivity (Wildman–Crippen MR) is 82.2 cm³/mol. The van der Waals surface area contributed by atoms with Crippen LogP contribution in [-0.4, -0.2) is 30.0 Å². The van der Waals surface area contributed by atoms with Gasteiger partial charge in [-0.25, -0.2) is 0 Å². The lowest BCUT2D eigenvalue weighted by Gasteiger charge is -2.38. The van der Waals surface area contributed by atoms with Crippen molar-refractivity contribution in [2.24, 2.45) is 5.73 Å². The number of hydrogen-bond acceptors (Lipinski definition) is 3. The van der Waals surface area contributed by atoms with Gasteiger partial charge in [0.05, 0.1) is 17.7 Å². The lowest BCUT2D eigenvalue weighted by Crippen LogP contribution is -2.40. The van der Waals surface area contributed by atoms with E-state index in [1.165, 1.54) is 16.5 Å². The fraction of sp³-hybridized carbons (Fsp3) is 0.529. The van der Waals surface area contributed by atoms with E-state index >= 15 is 0 Å². The molecular formula is C17H22N2O2. The maximum Gasteiger partial charge on any atom is 0.0956 e. The predicted octanol–water partition coefficient (Wildman–Crippen LogP) is 2.61. The lowest BCUT2D eigenvalue weighted by atomic mass is 9.89. The van der Waals surface area contributed by atoms with Gasteiger partial charge in [0.1, 0.15) is 0 Å². The summed E-state index contributed by atoms with van der Waals surface area (Å²) in [4.78, 5) is 0. The number of ether oxygens (including phenoxy) is 2. The Morgan fingerprint density at radius 3 is 3.05 bits per heavy atom. The first kappa shape index (κ1) is 13.3. The van der Waals surface area contributed by atoms with E-state index in [4.69, 9.17) is 15.2 Å². The molecule has 2 N–H and O–H groups in total. The summed E-state index contributed by atoms with van der Waals surface area (Å²) in [7, 11) is 0. The Morgan fingerprint density at radius 2 is 2.24 bits per heavy atom. The Bertz CT molecular complexity index is 643. The third kappa shape index (κ3) is 2.18. The average molecular weight is 286 g/mol. The summed E-state index contributed by atoms with van der Waals surface area (Å²) in [5.74, 6) is 0. The van der Waals surface area contributed by atoms with E-state index < -0.39 is 0 Å². The zero-order chi connectivity index (χ0) is 14.3. The van der Waals surface area contributed by atoms with E-state index in [1.54, 1.807) is 0 Å². The van der Waals surface area contributed by atoms with Gasteiger partial charge in [-0.2, -0.15) is 0 Å². The standard InChI is InChI=1S/C17H22N2O2/c18-11-14-3-1-2-13-4-7-19(16(13)14)15-5-8-21-17(10-15)6-9-20-12-17/h1-4,7,15H,5-6,8-12,18H2. The van der Waals surface area contributed by atoms with Crippen LogP contribution in [0.4, 0.5) is 0 Å². The first-order chi connectivity index (χ1) is 10.3. The molecule has 2 saturated heterocycles. The minimum absolute atomic E-state index is 0.0584. The fourth-order valence-corrected chi connectivity index (χ4v) is 3.87. The highest BCUT2D eigenvalue weighted by Gasteiger charge is 2.41. The summed E-state index contributed by atoms with van der Waals surface area (Å²) >= 11 is 0. The van der Waals surface area contributed by atoms with Gasteiger partial charge >= 0.3 is 0 Å². The Labute approximate surface area is 124 Å². The van der Waals surface area contributed by atoms with Crippen molar-refractivity contribution in [3.05, 3.63) is 36.0 Å². The maximum atomic E-state index is 6.06. The molecule has 2 aliphatic heterocycles.